The predicted molar refractivity (Wildman–Crippen MR) is 99.3 cm³/mol. The lowest BCUT2D eigenvalue weighted by Gasteiger charge is -2.12. The number of aromatic amines is 1. The fourth-order valence-electron chi connectivity index (χ4n) is 2.16. The summed E-state index contributed by atoms with van der Waals surface area (Å²) in [4.78, 5) is 24.2. The fraction of sp³-hybridized carbons (Fsp3) is 0.471. The quantitative estimate of drug-likeness (QED) is 0.668. The van der Waals surface area contributed by atoms with Crippen molar-refractivity contribution in [1.29, 1.82) is 0 Å². The second-order valence-electron chi connectivity index (χ2n) is 5.52. The Kier molecular flexibility index (Phi) is 7.12. The van der Waals surface area contributed by atoms with Crippen LogP contribution < -0.4 is 15.7 Å². The fourth-order valence-corrected chi connectivity index (χ4v) is 3.05. The first-order valence-corrected chi connectivity index (χ1v) is 9.28. The van der Waals surface area contributed by atoms with E-state index < -0.39 is 0 Å². The van der Waals surface area contributed by atoms with Crippen molar-refractivity contribution in [3.63, 3.8) is 0 Å². The third-order valence-corrected chi connectivity index (χ3v) is 4.63. The average molecular weight is 364 g/mol. The maximum absolute atomic E-state index is 12.4. The molecule has 25 heavy (non-hydrogen) atoms. The van der Waals surface area contributed by atoms with E-state index >= 15 is 0 Å². The standard InChI is InChI=1S/C17H24N4O3S/c1-4-6-11-21-16(23)19-20-17(21)25-12(3)15(22)18-13-7-9-14(10-8-13)24-5-2/h7-10,12H,4-6,11H2,1-3H3,(H,18,22)(H,19,23)/t12-/m0/s1. The number of nitrogens with zero attached hydrogens (tertiary/aromatic N) is 2. The topological polar surface area (TPSA) is 89.0 Å². The van der Waals surface area contributed by atoms with Gasteiger partial charge in [0.05, 0.1) is 11.9 Å². The van der Waals surface area contributed by atoms with Crippen molar-refractivity contribution in [2.24, 2.45) is 0 Å². The number of H-pyrrole nitrogens is 1. The first-order valence-electron chi connectivity index (χ1n) is 8.40. The minimum Gasteiger partial charge on any atom is -0.494 e. The molecule has 0 radical (unpaired) electrons. The van der Waals surface area contributed by atoms with E-state index in [2.05, 4.69) is 22.4 Å². The van der Waals surface area contributed by atoms with Gasteiger partial charge in [-0.15, -0.1) is 5.10 Å². The summed E-state index contributed by atoms with van der Waals surface area (Å²) in [7, 11) is 0. The van der Waals surface area contributed by atoms with Crippen molar-refractivity contribution in [1.82, 2.24) is 14.8 Å². The normalized spacial score (nSPS) is 12.0. The molecule has 2 N–H and O–H groups in total. The molecule has 1 aromatic heterocycles. The molecule has 1 amide bonds. The molecule has 136 valence electrons. The van der Waals surface area contributed by atoms with Crippen LogP contribution in [0.5, 0.6) is 5.75 Å². The summed E-state index contributed by atoms with van der Waals surface area (Å²) < 4.78 is 6.96. The summed E-state index contributed by atoms with van der Waals surface area (Å²) in [6.45, 7) is 6.97. The number of carbonyl (C=O) groups excluding carboxylic acids is 1. The van der Waals surface area contributed by atoms with Gasteiger partial charge in [0.25, 0.3) is 0 Å². The number of carbonyl (C=O) groups is 1. The molecule has 0 aliphatic rings. The SMILES string of the molecule is CCCCn1c(S[C@@H](C)C(=O)Nc2ccc(OCC)cc2)n[nH]c1=O. The molecule has 7 nitrogen and oxygen atoms in total. The van der Waals surface area contributed by atoms with E-state index in [0.717, 1.165) is 18.6 Å². The monoisotopic (exact) mass is 364 g/mol. The molecule has 1 aromatic carbocycles. The summed E-state index contributed by atoms with van der Waals surface area (Å²) >= 11 is 1.26. The Labute approximate surface area is 151 Å². The highest BCUT2D eigenvalue weighted by Crippen LogP contribution is 2.22. The lowest BCUT2D eigenvalue weighted by Crippen LogP contribution is -2.24. The van der Waals surface area contributed by atoms with E-state index in [1.54, 1.807) is 23.6 Å². The van der Waals surface area contributed by atoms with Crippen molar-refractivity contribution in [2.75, 3.05) is 11.9 Å². The van der Waals surface area contributed by atoms with Crippen LogP contribution in [0.25, 0.3) is 0 Å². The minimum atomic E-state index is -0.387. The van der Waals surface area contributed by atoms with Gasteiger partial charge in [-0.05, 0) is 44.5 Å². The number of anilines is 1. The molecule has 0 aliphatic carbocycles. The maximum Gasteiger partial charge on any atom is 0.343 e. The molecule has 0 aliphatic heterocycles. The van der Waals surface area contributed by atoms with Crippen LogP contribution in [0.2, 0.25) is 0 Å². The molecular weight excluding hydrogens is 340 g/mol. The molecule has 0 saturated carbocycles. The number of hydrogen-bond donors (Lipinski definition) is 2. The number of unbranched alkanes of at least 4 members (excludes halogenated alkanes) is 1. The van der Waals surface area contributed by atoms with Crippen LogP contribution in [0, 0.1) is 0 Å². The molecule has 2 aromatic rings. The van der Waals surface area contributed by atoms with E-state index in [1.807, 2.05) is 19.1 Å². The van der Waals surface area contributed by atoms with Crippen molar-refractivity contribution in [2.45, 2.75) is 50.6 Å². The van der Waals surface area contributed by atoms with Crippen LogP contribution in [0.1, 0.15) is 33.6 Å². The molecule has 1 atom stereocenters. The molecule has 0 bridgehead atoms. The highest BCUT2D eigenvalue weighted by atomic mass is 32.2. The smallest absolute Gasteiger partial charge is 0.343 e. The highest BCUT2D eigenvalue weighted by Gasteiger charge is 2.19. The summed E-state index contributed by atoms with van der Waals surface area (Å²) in [6, 6.07) is 7.22. The maximum atomic E-state index is 12.4. The van der Waals surface area contributed by atoms with Gasteiger partial charge < -0.3 is 10.1 Å². The summed E-state index contributed by atoms with van der Waals surface area (Å²) in [5.41, 5.74) is 0.460. The van der Waals surface area contributed by atoms with Crippen molar-refractivity contribution >= 4 is 23.4 Å². The Hall–Kier alpha value is -2.22. The number of benzene rings is 1. The minimum absolute atomic E-state index is 0.147. The molecule has 0 saturated heterocycles. The van der Waals surface area contributed by atoms with Crippen LogP contribution in [0.3, 0.4) is 0 Å². The zero-order chi connectivity index (χ0) is 18.2. The van der Waals surface area contributed by atoms with E-state index in [4.69, 9.17) is 4.74 Å². The number of ether oxygens (including phenoxy) is 1. The number of rotatable bonds is 9. The van der Waals surface area contributed by atoms with Gasteiger partial charge in [-0.25, -0.2) is 9.89 Å². The van der Waals surface area contributed by atoms with E-state index in [0.29, 0.717) is 24.0 Å². The molecule has 8 heteroatoms. The second-order valence-corrected chi connectivity index (χ2v) is 6.83. The first kappa shape index (κ1) is 19.1. The van der Waals surface area contributed by atoms with Crippen molar-refractivity contribution < 1.29 is 9.53 Å². The molecule has 0 fully saturated rings. The lowest BCUT2D eigenvalue weighted by atomic mass is 10.3. The second kappa shape index (κ2) is 9.31. The van der Waals surface area contributed by atoms with E-state index in [-0.39, 0.29) is 16.8 Å². The van der Waals surface area contributed by atoms with Gasteiger partial charge in [0, 0.05) is 12.2 Å². The third kappa shape index (κ3) is 5.38. The number of amides is 1. The Morgan fingerprint density at radius 2 is 2.08 bits per heavy atom. The Morgan fingerprint density at radius 3 is 2.72 bits per heavy atom. The first-order chi connectivity index (χ1) is 12.0. The Balaban J connectivity index is 1.97. The Bertz CT molecular complexity index is 739. The summed E-state index contributed by atoms with van der Waals surface area (Å²) in [5, 5.41) is 9.48. The molecular formula is C17H24N4O3S. The van der Waals surface area contributed by atoms with Gasteiger partial charge >= 0.3 is 5.69 Å². The van der Waals surface area contributed by atoms with Crippen LogP contribution in [-0.2, 0) is 11.3 Å². The van der Waals surface area contributed by atoms with Gasteiger partial charge in [-0.2, -0.15) is 0 Å². The molecule has 2 rings (SSSR count). The van der Waals surface area contributed by atoms with Gasteiger partial charge in [0.1, 0.15) is 5.75 Å². The number of thioether (sulfide) groups is 1. The molecule has 0 spiro atoms. The highest BCUT2D eigenvalue weighted by molar-refractivity contribution is 8.00. The van der Waals surface area contributed by atoms with Crippen LogP contribution >= 0.6 is 11.8 Å². The van der Waals surface area contributed by atoms with E-state index in [1.165, 1.54) is 11.8 Å². The van der Waals surface area contributed by atoms with Crippen LogP contribution in [0.15, 0.2) is 34.2 Å². The van der Waals surface area contributed by atoms with Gasteiger partial charge in [0.15, 0.2) is 5.16 Å². The zero-order valence-corrected chi connectivity index (χ0v) is 15.6. The van der Waals surface area contributed by atoms with Gasteiger partial charge in [0.2, 0.25) is 5.91 Å². The van der Waals surface area contributed by atoms with Gasteiger partial charge in [-0.3, -0.25) is 9.36 Å². The van der Waals surface area contributed by atoms with Crippen molar-refractivity contribution in [3.05, 3.63) is 34.7 Å². The van der Waals surface area contributed by atoms with Crippen molar-refractivity contribution in [3.8, 4) is 5.75 Å². The largest absolute Gasteiger partial charge is 0.494 e. The van der Waals surface area contributed by atoms with Gasteiger partial charge in [-0.1, -0.05) is 25.1 Å². The summed E-state index contributed by atoms with van der Waals surface area (Å²) in [5.74, 6) is 0.617. The third-order valence-electron chi connectivity index (χ3n) is 3.54. The molecule has 0 unspecified atom stereocenters. The lowest BCUT2D eigenvalue weighted by molar-refractivity contribution is -0.115. The number of nitrogens with one attached hydrogen (secondary N) is 2. The van der Waals surface area contributed by atoms with Crippen LogP contribution in [0.4, 0.5) is 5.69 Å². The Morgan fingerprint density at radius 1 is 1.36 bits per heavy atom. The summed E-state index contributed by atoms with van der Waals surface area (Å²) in [6.07, 6.45) is 1.87. The average Bonchev–Trinajstić information content (AvgIpc) is 2.94. The number of hydrogen-bond acceptors (Lipinski definition) is 5. The predicted octanol–water partition coefficient (Wildman–Crippen LogP) is 2.89. The zero-order valence-electron chi connectivity index (χ0n) is 14.7. The van der Waals surface area contributed by atoms with Crippen LogP contribution in [-0.4, -0.2) is 32.5 Å². The molecule has 1 heterocycles. The number of aromatic nitrogens is 3. The van der Waals surface area contributed by atoms with E-state index in [9.17, 15) is 9.59 Å².